The number of carbonyl (C=O) groups excluding carboxylic acids is 1. The lowest BCUT2D eigenvalue weighted by Crippen LogP contribution is -2.50. The number of nitrogens with zero attached hydrogens (tertiary/aromatic N) is 5. The SMILES string of the molecule is Cc1ccc(S(=O)(=O)n2c(-c3ccc(N4CCN(C(=O)OC(C)(C)C)CC4)nc3)cc3c(Cl)ccnc32)cc1. The van der Waals surface area contributed by atoms with Crippen LogP contribution >= 0.6 is 11.6 Å². The molecule has 0 atom stereocenters. The standard InChI is InChI=1S/C28H30ClN5O4S/c1-19-5-8-21(9-6-19)39(36,37)34-24(17-22-23(29)11-12-30-26(22)34)20-7-10-25(31-18-20)32-13-15-33(16-14-32)27(35)38-28(2,3)4/h5-12,17-18H,13-16H2,1-4H3. The number of pyridine rings is 2. The van der Waals surface area contributed by atoms with Crippen LogP contribution in [0.2, 0.25) is 5.02 Å². The molecule has 4 heterocycles. The van der Waals surface area contributed by atoms with Crippen molar-refractivity contribution in [2.75, 3.05) is 31.1 Å². The molecule has 39 heavy (non-hydrogen) atoms. The average molecular weight is 568 g/mol. The molecule has 204 valence electrons. The summed E-state index contributed by atoms with van der Waals surface area (Å²) in [4.78, 5) is 25.3. The predicted molar refractivity (Wildman–Crippen MR) is 152 cm³/mol. The van der Waals surface area contributed by atoms with Gasteiger partial charge < -0.3 is 14.5 Å². The number of benzene rings is 1. The Kier molecular flexibility index (Phi) is 7.02. The zero-order valence-electron chi connectivity index (χ0n) is 22.3. The molecule has 9 nitrogen and oxygen atoms in total. The number of halogens is 1. The van der Waals surface area contributed by atoms with Crippen molar-refractivity contribution >= 4 is 44.6 Å². The first-order valence-electron chi connectivity index (χ1n) is 12.6. The number of hydrogen-bond acceptors (Lipinski definition) is 7. The highest BCUT2D eigenvalue weighted by Crippen LogP contribution is 2.34. The molecule has 1 aliphatic rings. The zero-order valence-corrected chi connectivity index (χ0v) is 23.8. The van der Waals surface area contributed by atoms with E-state index in [1.54, 1.807) is 47.5 Å². The Morgan fingerprint density at radius 3 is 2.28 bits per heavy atom. The maximum atomic E-state index is 13.8. The summed E-state index contributed by atoms with van der Waals surface area (Å²) in [6.45, 7) is 9.70. The number of hydrogen-bond donors (Lipinski definition) is 0. The minimum atomic E-state index is -3.98. The van der Waals surface area contributed by atoms with Crippen LogP contribution in [0.25, 0.3) is 22.3 Å². The van der Waals surface area contributed by atoms with Crippen molar-refractivity contribution < 1.29 is 17.9 Å². The van der Waals surface area contributed by atoms with Crippen molar-refractivity contribution in [1.82, 2.24) is 18.8 Å². The fourth-order valence-electron chi connectivity index (χ4n) is 4.47. The second-order valence-corrected chi connectivity index (χ2v) is 12.7. The Balaban J connectivity index is 1.45. The summed E-state index contributed by atoms with van der Waals surface area (Å²) < 4.78 is 34.4. The fourth-order valence-corrected chi connectivity index (χ4v) is 6.15. The van der Waals surface area contributed by atoms with E-state index in [4.69, 9.17) is 16.3 Å². The molecule has 3 aromatic heterocycles. The monoisotopic (exact) mass is 567 g/mol. The molecule has 1 aliphatic heterocycles. The van der Waals surface area contributed by atoms with Crippen LogP contribution < -0.4 is 4.90 Å². The summed E-state index contributed by atoms with van der Waals surface area (Å²) in [5, 5.41) is 0.943. The molecule has 0 unspecified atom stereocenters. The summed E-state index contributed by atoms with van der Waals surface area (Å²) in [6, 6.07) is 13.8. The van der Waals surface area contributed by atoms with E-state index in [-0.39, 0.29) is 16.6 Å². The first kappa shape index (κ1) is 27.0. The normalized spacial score (nSPS) is 14.6. The molecule has 0 aliphatic carbocycles. The van der Waals surface area contributed by atoms with Crippen LogP contribution in [0.3, 0.4) is 0 Å². The number of amides is 1. The van der Waals surface area contributed by atoms with Crippen LogP contribution in [0.1, 0.15) is 26.3 Å². The van der Waals surface area contributed by atoms with Gasteiger partial charge in [-0.2, -0.15) is 0 Å². The van der Waals surface area contributed by atoms with Gasteiger partial charge in [0.15, 0.2) is 5.65 Å². The van der Waals surface area contributed by atoms with Crippen molar-refractivity contribution in [2.24, 2.45) is 0 Å². The van der Waals surface area contributed by atoms with E-state index in [2.05, 4.69) is 14.9 Å². The van der Waals surface area contributed by atoms with Crippen molar-refractivity contribution in [2.45, 2.75) is 38.2 Å². The Bertz CT molecular complexity index is 1620. The first-order chi connectivity index (χ1) is 18.4. The molecule has 0 bridgehead atoms. The van der Waals surface area contributed by atoms with Gasteiger partial charge >= 0.3 is 6.09 Å². The van der Waals surface area contributed by atoms with E-state index in [0.29, 0.717) is 47.8 Å². The summed E-state index contributed by atoms with van der Waals surface area (Å²) in [5.74, 6) is 0.739. The molecule has 0 radical (unpaired) electrons. The van der Waals surface area contributed by atoms with E-state index >= 15 is 0 Å². The van der Waals surface area contributed by atoms with Crippen LogP contribution in [0.5, 0.6) is 0 Å². The lowest BCUT2D eigenvalue weighted by atomic mass is 10.2. The van der Waals surface area contributed by atoms with Gasteiger partial charge in [-0.3, -0.25) is 0 Å². The molecule has 0 spiro atoms. The molecule has 1 aromatic carbocycles. The summed E-state index contributed by atoms with van der Waals surface area (Å²) in [7, 11) is -3.98. The number of piperazine rings is 1. The molecule has 0 N–H and O–H groups in total. The number of ether oxygens (including phenoxy) is 1. The van der Waals surface area contributed by atoms with Gasteiger partial charge in [0, 0.05) is 49.5 Å². The van der Waals surface area contributed by atoms with Gasteiger partial charge in [-0.25, -0.2) is 27.2 Å². The third kappa shape index (κ3) is 5.44. The van der Waals surface area contributed by atoms with E-state index in [0.717, 1.165) is 11.4 Å². The second-order valence-electron chi connectivity index (χ2n) is 10.5. The zero-order chi connectivity index (χ0) is 27.9. The molecule has 5 rings (SSSR count). The van der Waals surface area contributed by atoms with Crippen molar-refractivity contribution in [3.63, 3.8) is 0 Å². The van der Waals surface area contributed by atoms with Crippen LogP contribution in [0, 0.1) is 6.92 Å². The topological polar surface area (TPSA) is 97.6 Å². The molecule has 0 saturated carbocycles. The largest absolute Gasteiger partial charge is 0.444 e. The number of anilines is 1. The average Bonchev–Trinajstić information content (AvgIpc) is 3.30. The molecule has 4 aromatic rings. The minimum absolute atomic E-state index is 0.154. The molecular weight excluding hydrogens is 538 g/mol. The van der Waals surface area contributed by atoms with Gasteiger partial charge in [0.2, 0.25) is 0 Å². The molecule has 1 saturated heterocycles. The molecule has 1 amide bonds. The second kappa shape index (κ2) is 10.2. The quantitative estimate of drug-likeness (QED) is 0.328. The van der Waals surface area contributed by atoms with Crippen LogP contribution in [0.15, 0.2) is 65.8 Å². The maximum absolute atomic E-state index is 13.8. The van der Waals surface area contributed by atoms with Gasteiger partial charge in [-0.05, 0) is 64.1 Å². The highest BCUT2D eigenvalue weighted by molar-refractivity contribution is 7.90. The number of aryl methyl sites for hydroxylation is 1. The van der Waals surface area contributed by atoms with Crippen molar-refractivity contribution in [1.29, 1.82) is 0 Å². The summed E-state index contributed by atoms with van der Waals surface area (Å²) in [6.07, 6.45) is 2.83. The van der Waals surface area contributed by atoms with Gasteiger partial charge in [0.25, 0.3) is 10.0 Å². The lowest BCUT2D eigenvalue weighted by molar-refractivity contribution is 0.0240. The lowest BCUT2D eigenvalue weighted by Gasteiger charge is -2.36. The maximum Gasteiger partial charge on any atom is 0.410 e. The van der Waals surface area contributed by atoms with E-state index in [1.165, 1.54) is 10.2 Å². The Labute approximate surface area is 233 Å². The van der Waals surface area contributed by atoms with Crippen LogP contribution in [-0.4, -0.2) is 65.1 Å². The van der Waals surface area contributed by atoms with Gasteiger partial charge in [0.05, 0.1) is 15.6 Å². The van der Waals surface area contributed by atoms with Gasteiger partial charge in [0.1, 0.15) is 11.4 Å². The van der Waals surface area contributed by atoms with Crippen molar-refractivity contribution in [3.05, 3.63) is 71.5 Å². The highest BCUT2D eigenvalue weighted by Gasteiger charge is 2.28. The van der Waals surface area contributed by atoms with Crippen LogP contribution in [-0.2, 0) is 14.8 Å². The van der Waals surface area contributed by atoms with Gasteiger partial charge in [-0.1, -0.05) is 29.3 Å². The number of fused-ring (bicyclic) bond motifs is 1. The number of aromatic nitrogens is 3. The fraction of sp³-hybridized carbons (Fsp3) is 0.321. The van der Waals surface area contributed by atoms with E-state index < -0.39 is 15.6 Å². The molecule has 11 heteroatoms. The number of carbonyl (C=O) groups is 1. The third-order valence-corrected chi connectivity index (χ3v) is 8.51. The molecule has 1 fully saturated rings. The highest BCUT2D eigenvalue weighted by atomic mass is 35.5. The van der Waals surface area contributed by atoms with E-state index in [1.807, 2.05) is 39.8 Å². The Morgan fingerprint density at radius 1 is 0.974 bits per heavy atom. The summed E-state index contributed by atoms with van der Waals surface area (Å²) in [5.41, 5.74) is 1.69. The Morgan fingerprint density at radius 2 is 1.67 bits per heavy atom. The Hall–Kier alpha value is -3.63. The molecular formula is C28H30ClN5O4S. The first-order valence-corrected chi connectivity index (χ1v) is 14.4. The number of rotatable bonds is 4. The van der Waals surface area contributed by atoms with Gasteiger partial charge in [-0.15, -0.1) is 0 Å². The van der Waals surface area contributed by atoms with Crippen molar-refractivity contribution in [3.8, 4) is 11.3 Å². The van der Waals surface area contributed by atoms with E-state index in [9.17, 15) is 13.2 Å². The predicted octanol–water partition coefficient (Wildman–Crippen LogP) is 5.35. The third-order valence-electron chi connectivity index (χ3n) is 6.47. The minimum Gasteiger partial charge on any atom is -0.444 e. The summed E-state index contributed by atoms with van der Waals surface area (Å²) >= 11 is 6.44. The smallest absolute Gasteiger partial charge is 0.410 e. The van der Waals surface area contributed by atoms with Crippen LogP contribution in [0.4, 0.5) is 10.6 Å².